The van der Waals surface area contributed by atoms with Gasteiger partial charge in [0.05, 0.1) is 8.95 Å². The van der Waals surface area contributed by atoms with Crippen LogP contribution in [0.25, 0.3) is 6.08 Å². The van der Waals surface area contributed by atoms with E-state index in [1.807, 2.05) is 42.5 Å². The summed E-state index contributed by atoms with van der Waals surface area (Å²) < 4.78 is 8.58. The van der Waals surface area contributed by atoms with Gasteiger partial charge in [0.2, 0.25) is 0 Å². The van der Waals surface area contributed by atoms with Crippen molar-refractivity contribution in [3.63, 3.8) is 0 Å². The molecule has 4 heteroatoms. The number of benzene rings is 2. The van der Waals surface area contributed by atoms with Crippen molar-refractivity contribution in [2.24, 2.45) is 0 Å². The molecule has 0 aliphatic heterocycles. The fourth-order valence-corrected chi connectivity index (χ4v) is 4.03. The minimum atomic E-state index is 0.522. The van der Waals surface area contributed by atoms with E-state index in [2.05, 4.69) is 59.9 Å². The molecule has 2 aromatic rings. The summed E-state index contributed by atoms with van der Waals surface area (Å²) in [4.78, 5) is 0. The summed E-state index contributed by atoms with van der Waals surface area (Å²) in [6.07, 6.45) is 4.04. The zero-order valence-electron chi connectivity index (χ0n) is 9.95. The molecule has 0 amide bonds. The molecule has 0 radical (unpaired) electrons. The van der Waals surface area contributed by atoms with Gasteiger partial charge in [0.1, 0.15) is 12.4 Å². The van der Waals surface area contributed by atoms with Crippen LogP contribution in [0.3, 0.4) is 0 Å². The van der Waals surface area contributed by atoms with Gasteiger partial charge in [-0.15, -0.1) is 0 Å². The number of ether oxygens (including phenoxy) is 1. The first-order valence-electron chi connectivity index (χ1n) is 5.66. The number of hydrogen-bond acceptors (Lipinski definition) is 1. The third-order valence-electron chi connectivity index (χ3n) is 2.40. The predicted molar refractivity (Wildman–Crippen MR) is 90.5 cm³/mol. The third kappa shape index (κ3) is 4.48. The van der Waals surface area contributed by atoms with E-state index in [-0.39, 0.29) is 0 Å². The van der Waals surface area contributed by atoms with Gasteiger partial charge in [-0.25, -0.2) is 0 Å². The van der Waals surface area contributed by atoms with Gasteiger partial charge in [-0.05, 0) is 55.6 Å². The van der Waals surface area contributed by atoms with E-state index < -0.39 is 0 Å². The lowest BCUT2D eigenvalue weighted by Gasteiger charge is -2.08. The zero-order valence-corrected chi connectivity index (χ0v) is 14.7. The Morgan fingerprint density at radius 3 is 2.21 bits per heavy atom. The van der Waals surface area contributed by atoms with E-state index in [4.69, 9.17) is 4.74 Å². The van der Waals surface area contributed by atoms with Crippen LogP contribution in [0.4, 0.5) is 0 Å². The Bertz CT molecular complexity index is 556. The van der Waals surface area contributed by atoms with Crippen molar-refractivity contribution in [2.45, 2.75) is 0 Å². The van der Waals surface area contributed by atoms with Crippen LogP contribution >= 0.6 is 47.8 Å². The summed E-state index contributed by atoms with van der Waals surface area (Å²) in [6, 6.07) is 14.1. The molecule has 0 unspecified atom stereocenters. The smallest absolute Gasteiger partial charge is 0.148 e. The lowest BCUT2D eigenvalue weighted by molar-refractivity contribution is 0.359. The maximum absolute atomic E-state index is 5.74. The van der Waals surface area contributed by atoms with Gasteiger partial charge in [0.25, 0.3) is 0 Å². The summed E-state index contributed by atoms with van der Waals surface area (Å²) >= 11 is 10.4. The van der Waals surface area contributed by atoms with Gasteiger partial charge in [-0.3, -0.25) is 0 Å². The van der Waals surface area contributed by atoms with Crippen LogP contribution in [-0.4, -0.2) is 6.61 Å². The normalized spacial score (nSPS) is 10.9. The van der Waals surface area contributed by atoms with E-state index in [1.54, 1.807) is 0 Å². The summed E-state index contributed by atoms with van der Waals surface area (Å²) in [5.41, 5.74) is 1.17. The van der Waals surface area contributed by atoms with E-state index >= 15 is 0 Å². The summed E-state index contributed by atoms with van der Waals surface area (Å²) in [5, 5.41) is 0. The molecule has 0 atom stereocenters. The van der Waals surface area contributed by atoms with Crippen LogP contribution in [0.2, 0.25) is 0 Å². The van der Waals surface area contributed by atoms with Crippen LogP contribution in [0.5, 0.6) is 5.75 Å². The SMILES string of the molecule is Brc1cc(Br)c(OCC=Cc2ccccc2)c(Br)c1. The Labute approximate surface area is 138 Å². The molecule has 0 spiro atoms. The summed E-state index contributed by atoms with van der Waals surface area (Å²) in [7, 11) is 0. The molecule has 2 rings (SSSR count). The molecular formula is C15H11Br3O. The van der Waals surface area contributed by atoms with Crippen LogP contribution in [-0.2, 0) is 0 Å². The van der Waals surface area contributed by atoms with Crippen LogP contribution in [0.15, 0.2) is 62.0 Å². The quantitative estimate of drug-likeness (QED) is 0.554. The number of hydrogen-bond donors (Lipinski definition) is 0. The second-order valence-electron chi connectivity index (χ2n) is 3.82. The van der Waals surface area contributed by atoms with Gasteiger partial charge >= 0.3 is 0 Å². The average molecular weight is 447 g/mol. The molecule has 0 N–H and O–H groups in total. The molecule has 0 fully saturated rings. The van der Waals surface area contributed by atoms with Crippen molar-refractivity contribution in [2.75, 3.05) is 6.61 Å². The zero-order chi connectivity index (χ0) is 13.7. The Kier molecular flexibility index (Phi) is 5.67. The molecule has 2 aromatic carbocycles. The Hall–Kier alpha value is -0.580. The van der Waals surface area contributed by atoms with Gasteiger partial charge in [0.15, 0.2) is 0 Å². The molecule has 0 saturated carbocycles. The average Bonchev–Trinajstić information content (AvgIpc) is 2.38. The van der Waals surface area contributed by atoms with Crippen molar-refractivity contribution in [3.05, 3.63) is 67.5 Å². The highest BCUT2D eigenvalue weighted by atomic mass is 79.9. The summed E-state index contributed by atoms with van der Waals surface area (Å²) in [6.45, 7) is 0.522. The highest BCUT2D eigenvalue weighted by Crippen LogP contribution is 2.36. The Balaban J connectivity index is 1.98. The largest absolute Gasteiger partial charge is 0.487 e. The van der Waals surface area contributed by atoms with E-state index in [0.29, 0.717) is 6.61 Å². The standard InChI is InChI=1S/C15H11Br3O/c16-12-9-13(17)15(14(18)10-12)19-8-4-7-11-5-2-1-3-6-11/h1-7,9-10H,8H2. The Morgan fingerprint density at radius 2 is 1.58 bits per heavy atom. The molecule has 0 aliphatic carbocycles. The lowest BCUT2D eigenvalue weighted by atomic mass is 10.2. The molecule has 0 saturated heterocycles. The molecule has 0 aliphatic rings. The van der Waals surface area contributed by atoms with Crippen LogP contribution in [0.1, 0.15) is 5.56 Å². The monoisotopic (exact) mass is 444 g/mol. The van der Waals surface area contributed by atoms with Gasteiger partial charge in [0, 0.05) is 4.47 Å². The van der Waals surface area contributed by atoms with Crippen molar-refractivity contribution >= 4 is 53.9 Å². The van der Waals surface area contributed by atoms with E-state index in [9.17, 15) is 0 Å². The predicted octanol–water partition coefficient (Wildman–Crippen LogP) is 6.07. The molecule has 19 heavy (non-hydrogen) atoms. The highest BCUT2D eigenvalue weighted by molar-refractivity contribution is 9.11. The molecule has 1 nitrogen and oxygen atoms in total. The molecule has 0 aromatic heterocycles. The second kappa shape index (κ2) is 7.27. The highest BCUT2D eigenvalue weighted by Gasteiger charge is 2.07. The first-order valence-corrected chi connectivity index (χ1v) is 8.03. The number of halogens is 3. The van der Waals surface area contributed by atoms with Crippen molar-refractivity contribution in [1.82, 2.24) is 0 Å². The minimum Gasteiger partial charge on any atom is -0.487 e. The lowest BCUT2D eigenvalue weighted by Crippen LogP contribution is -1.95. The Morgan fingerprint density at radius 1 is 0.947 bits per heavy atom. The molecule has 0 bridgehead atoms. The maximum Gasteiger partial charge on any atom is 0.148 e. The van der Waals surface area contributed by atoms with E-state index in [1.165, 1.54) is 5.56 Å². The van der Waals surface area contributed by atoms with Crippen molar-refractivity contribution in [1.29, 1.82) is 0 Å². The first-order chi connectivity index (χ1) is 9.16. The van der Waals surface area contributed by atoms with Crippen LogP contribution in [0, 0.1) is 0 Å². The fraction of sp³-hybridized carbons (Fsp3) is 0.0667. The van der Waals surface area contributed by atoms with Crippen molar-refractivity contribution < 1.29 is 4.74 Å². The van der Waals surface area contributed by atoms with Gasteiger partial charge in [-0.2, -0.15) is 0 Å². The van der Waals surface area contributed by atoms with Gasteiger partial charge < -0.3 is 4.74 Å². The van der Waals surface area contributed by atoms with E-state index in [0.717, 1.165) is 19.2 Å². The van der Waals surface area contributed by atoms with Gasteiger partial charge in [-0.1, -0.05) is 52.3 Å². The first kappa shape index (κ1) is 14.8. The minimum absolute atomic E-state index is 0.522. The van der Waals surface area contributed by atoms with Crippen molar-refractivity contribution in [3.8, 4) is 5.75 Å². The van der Waals surface area contributed by atoms with Crippen LogP contribution < -0.4 is 4.74 Å². The third-order valence-corrected chi connectivity index (χ3v) is 4.03. The fourth-order valence-electron chi connectivity index (χ4n) is 1.55. The molecule has 98 valence electrons. The second-order valence-corrected chi connectivity index (χ2v) is 6.45. The molecule has 0 heterocycles. The topological polar surface area (TPSA) is 9.23 Å². The molecular weight excluding hydrogens is 436 g/mol. The summed E-state index contributed by atoms with van der Waals surface area (Å²) in [5.74, 6) is 0.806. The number of rotatable bonds is 4. The maximum atomic E-state index is 5.74.